The Bertz CT molecular complexity index is 1250. The van der Waals surface area contributed by atoms with Crippen molar-refractivity contribution in [2.45, 2.75) is 43.6 Å². The summed E-state index contributed by atoms with van der Waals surface area (Å²) in [5.41, 5.74) is 2.54. The number of aliphatic hydroxyl groups excluding tert-OH is 2. The van der Waals surface area contributed by atoms with Crippen LogP contribution in [-0.2, 0) is 4.74 Å². The first-order chi connectivity index (χ1) is 18.0. The predicted octanol–water partition coefficient (Wildman–Crippen LogP) is 3.89. The number of halogens is 2. The van der Waals surface area contributed by atoms with E-state index in [0.717, 1.165) is 47.6 Å². The molecule has 3 aromatic rings. The largest absolute Gasteiger partial charge is 0.481 e. The number of pyridine rings is 2. The molecule has 1 fully saturated rings. The fraction of sp³-hybridized carbons (Fsp3) is 0.357. The first kappa shape index (κ1) is 26.8. The Morgan fingerprint density at radius 1 is 1.16 bits per heavy atom. The van der Waals surface area contributed by atoms with Gasteiger partial charge in [-0.3, -0.25) is 4.98 Å². The molecular formula is C28H31F2N3O4. The van der Waals surface area contributed by atoms with Crippen LogP contribution >= 0.6 is 0 Å². The summed E-state index contributed by atoms with van der Waals surface area (Å²) in [6, 6.07) is 8.73. The molecule has 0 bridgehead atoms. The molecule has 2 aromatic heterocycles. The number of benzene rings is 1. The van der Waals surface area contributed by atoms with Gasteiger partial charge in [0.05, 0.1) is 43.1 Å². The minimum absolute atomic E-state index is 0.0828. The van der Waals surface area contributed by atoms with Gasteiger partial charge in [-0.05, 0) is 43.2 Å². The molecule has 0 aliphatic carbocycles. The number of methoxy groups -OCH3 is 1. The molecular weight excluding hydrogens is 480 g/mol. The molecule has 7 nitrogen and oxygen atoms in total. The third-order valence-corrected chi connectivity index (χ3v) is 6.32. The lowest BCUT2D eigenvalue weighted by Gasteiger charge is -2.37. The van der Waals surface area contributed by atoms with Gasteiger partial charge in [0.25, 0.3) is 0 Å². The molecule has 4 atom stereocenters. The smallest absolute Gasteiger partial charge is 0.213 e. The van der Waals surface area contributed by atoms with Crippen molar-refractivity contribution in [2.75, 3.05) is 20.3 Å². The quantitative estimate of drug-likeness (QED) is 0.380. The Hall–Kier alpha value is -3.24. The van der Waals surface area contributed by atoms with Gasteiger partial charge in [-0.2, -0.15) is 0 Å². The summed E-state index contributed by atoms with van der Waals surface area (Å²) in [6.45, 7) is 0.0507. The molecule has 1 aromatic carbocycles. The number of nitrogens with one attached hydrogen (secondary N) is 1. The predicted molar refractivity (Wildman–Crippen MR) is 138 cm³/mol. The molecule has 0 unspecified atom stereocenters. The van der Waals surface area contributed by atoms with Gasteiger partial charge in [0.1, 0.15) is 11.6 Å². The van der Waals surface area contributed by atoms with Gasteiger partial charge < -0.3 is 25.0 Å². The molecule has 1 aliphatic heterocycles. The molecule has 0 amide bonds. The van der Waals surface area contributed by atoms with E-state index in [9.17, 15) is 19.0 Å². The van der Waals surface area contributed by atoms with Crippen LogP contribution in [0.1, 0.15) is 30.4 Å². The zero-order chi connectivity index (χ0) is 26.2. The summed E-state index contributed by atoms with van der Waals surface area (Å²) in [7, 11) is 1.57. The fourth-order valence-electron chi connectivity index (χ4n) is 4.39. The van der Waals surface area contributed by atoms with Gasteiger partial charge in [0, 0.05) is 42.4 Å². The minimum Gasteiger partial charge on any atom is -0.481 e. The average molecular weight is 512 g/mol. The second kappa shape index (κ2) is 12.8. The molecule has 4 rings (SSSR count). The highest BCUT2D eigenvalue weighted by atomic mass is 19.1. The van der Waals surface area contributed by atoms with Gasteiger partial charge in [-0.1, -0.05) is 24.3 Å². The number of nitrogens with zero attached hydrogens (tertiary/aromatic N) is 2. The lowest BCUT2D eigenvalue weighted by molar-refractivity contribution is -0.0714. The molecule has 0 radical (unpaired) electrons. The molecule has 0 spiro atoms. The maximum absolute atomic E-state index is 13.8. The topological polar surface area (TPSA) is 96.7 Å². The van der Waals surface area contributed by atoms with Crippen molar-refractivity contribution in [1.29, 1.82) is 0 Å². The first-order valence-corrected chi connectivity index (χ1v) is 12.2. The average Bonchev–Trinajstić information content (AvgIpc) is 2.92. The first-order valence-electron chi connectivity index (χ1n) is 12.2. The van der Waals surface area contributed by atoms with Crippen LogP contribution in [0.25, 0.3) is 23.2 Å². The normalized spacial score (nSPS) is 21.2. The highest BCUT2D eigenvalue weighted by Crippen LogP contribution is 2.26. The third-order valence-electron chi connectivity index (χ3n) is 6.32. The van der Waals surface area contributed by atoms with Crippen molar-refractivity contribution in [3.63, 3.8) is 0 Å². The number of aliphatic hydroxyl groups is 2. The molecule has 3 N–H and O–H groups in total. The van der Waals surface area contributed by atoms with E-state index in [2.05, 4.69) is 15.3 Å². The van der Waals surface area contributed by atoms with Crippen LogP contribution < -0.4 is 10.1 Å². The van der Waals surface area contributed by atoms with E-state index in [1.54, 1.807) is 25.4 Å². The number of hydrogen-bond donors (Lipinski definition) is 3. The van der Waals surface area contributed by atoms with Crippen molar-refractivity contribution in [3.8, 4) is 5.88 Å². The van der Waals surface area contributed by atoms with Crippen molar-refractivity contribution < 1.29 is 28.5 Å². The van der Waals surface area contributed by atoms with Gasteiger partial charge in [-0.15, -0.1) is 0 Å². The zero-order valence-electron chi connectivity index (χ0n) is 20.6. The summed E-state index contributed by atoms with van der Waals surface area (Å²) < 4.78 is 38.7. The highest BCUT2D eigenvalue weighted by molar-refractivity contribution is 5.84. The van der Waals surface area contributed by atoms with Gasteiger partial charge in [-0.25, -0.2) is 13.8 Å². The van der Waals surface area contributed by atoms with E-state index in [1.165, 1.54) is 6.08 Å². The number of hydrogen-bond acceptors (Lipinski definition) is 7. The van der Waals surface area contributed by atoms with Gasteiger partial charge in [0.2, 0.25) is 5.88 Å². The molecule has 1 aliphatic rings. The Balaban J connectivity index is 1.41. The summed E-state index contributed by atoms with van der Waals surface area (Å²) in [5.74, 6) is -0.486. The van der Waals surface area contributed by atoms with E-state index in [-0.39, 0.29) is 36.8 Å². The molecule has 37 heavy (non-hydrogen) atoms. The van der Waals surface area contributed by atoms with Crippen LogP contribution in [0, 0.1) is 11.6 Å². The zero-order valence-corrected chi connectivity index (χ0v) is 20.6. The van der Waals surface area contributed by atoms with E-state index in [0.29, 0.717) is 12.4 Å². The number of aromatic nitrogens is 2. The SMILES string of the molecule is COc1ccc2nccc(/C=C/[C@@H]3CC[C@@H](NC/C=C/c4cc(F)ccc4F)[C@@H](C[C@@H](O)CO)O3)c2n1. The maximum atomic E-state index is 13.8. The Labute approximate surface area is 214 Å². The lowest BCUT2D eigenvalue weighted by atomic mass is 9.94. The van der Waals surface area contributed by atoms with Crippen molar-refractivity contribution in [2.24, 2.45) is 0 Å². The van der Waals surface area contributed by atoms with Crippen LogP contribution in [-0.4, -0.2) is 64.8 Å². The van der Waals surface area contributed by atoms with E-state index in [1.807, 2.05) is 24.3 Å². The van der Waals surface area contributed by atoms with Crippen molar-refractivity contribution in [3.05, 3.63) is 77.5 Å². The molecule has 9 heteroatoms. The monoisotopic (exact) mass is 511 g/mol. The number of rotatable bonds is 10. The highest BCUT2D eigenvalue weighted by Gasteiger charge is 2.31. The molecule has 1 saturated heterocycles. The fourth-order valence-corrected chi connectivity index (χ4v) is 4.39. The van der Waals surface area contributed by atoms with Crippen LogP contribution in [0.4, 0.5) is 8.78 Å². The van der Waals surface area contributed by atoms with Gasteiger partial charge >= 0.3 is 0 Å². The molecule has 0 saturated carbocycles. The second-order valence-corrected chi connectivity index (χ2v) is 8.93. The Morgan fingerprint density at radius 3 is 2.84 bits per heavy atom. The van der Waals surface area contributed by atoms with E-state index in [4.69, 9.17) is 9.47 Å². The minimum atomic E-state index is -0.908. The van der Waals surface area contributed by atoms with E-state index < -0.39 is 17.7 Å². The van der Waals surface area contributed by atoms with E-state index >= 15 is 0 Å². The van der Waals surface area contributed by atoms with Crippen molar-refractivity contribution in [1.82, 2.24) is 15.3 Å². The van der Waals surface area contributed by atoms with Crippen LogP contribution in [0.2, 0.25) is 0 Å². The molecule has 196 valence electrons. The van der Waals surface area contributed by atoms with Crippen LogP contribution in [0.15, 0.2) is 54.7 Å². The second-order valence-electron chi connectivity index (χ2n) is 8.93. The summed E-state index contributed by atoms with van der Waals surface area (Å²) in [6.07, 6.45) is 9.21. The van der Waals surface area contributed by atoms with Gasteiger partial charge in [0.15, 0.2) is 0 Å². The standard InChI is InChI=1S/C28H31F2N3O4/c1-36-27-11-10-25-28(33-27)18(12-14-32-25)4-6-22-7-9-24(26(37-22)16-21(35)17-34)31-13-2-3-19-15-20(29)5-8-23(19)30/h2-6,8,10-12,14-15,21-22,24,26,31,34-35H,7,9,13,16-17H2,1H3/b3-2+,6-4+/t21-,22-,24-,26-/m1/s1. The lowest BCUT2D eigenvalue weighted by Crippen LogP contribution is -2.48. The van der Waals surface area contributed by atoms with Crippen LogP contribution in [0.5, 0.6) is 5.88 Å². The summed E-state index contributed by atoms with van der Waals surface area (Å²) in [4.78, 5) is 8.86. The summed E-state index contributed by atoms with van der Waals surface area (Å²) in [5, 5.41) is 22.8. The Morgan fingerprint density at radius 2 is 2.03 bits per heavy atom. The number of ether oxygens (including phenoxy) is 2. The Kier molecular flexibility index (Phi) is 9.29. The number of fused-ring (bicyclic) bond motifs is 1. The van der Waals surface area contributed by atoms with Crippen molar-refractivity contribution >= 4 is 23.2 Å². The molecule has 3 heterocycles. The van der Waals surface area contributed by atoms with Crippen LogP contribution in [0.3, 0.4) is 0 Å². The third kappa shape index (κ3) is 7.17. The summed E-state index contributed by atoms with van der Waals surface area (Å²) >= 11 is 0. The maximum Gasteiger partial charge on any atom is 0.213 e.